The first-order chi connectivity index (χ1) is 27.0. The van der Waals surface area contributed by atoms with E-state index in [2.05, 4.69) is 54.8 Å². The highest BCUT2D eigenvalue weighted by atomic mass is 31.2. The van der Waals surface area contributed by atoms with E-state index in [1.807, 2.05) is 40.2 Å². The number of carbonyl (C=O) groups excluding carboxylic acids is 1. The molecule has 9 heteroatoms. The van der Waals surface area contributed by atoms with Crippen molar-refractivity contribution >= 4 is 13.7 Å². The molecule has 0 rings (SSSR count). The molecule has 3 unspecified atom stereocenters. The van der Waals surface area contributed by atoms with Crippen molar-refractivity contribution in [2.75, 3.05) is 40.9 Å². The van der Waals surface area contributed by atoms with E-state index < -0.39 is 26.6 Å². The number of likely N-dealkylation sites (N-methyl/N-ethyl adjacent to an activating group) is 1. The molecule has 0 fully saturated rings. The van der Waals surface area contributed by atoms with E-state index in [4.69, 9.17) is 9.05 Å². The summed E-state index contributed by atoms with van der Waals surface area (Å²) in [7, 11) is 1.22. The highest BCUT2D eigenvalue weighted by Crippen LogP contribution is 2.38. The molecule has 0 aliphatic heterocycles. The highest BCUT2D eigenvalue weighted by Gasteiger charge is 2.23. The molecule has 0 spiro atoms. The standard InChI is InChI=1S/C47H87N2O6P/c1-6-8-10-12-14-16-17-18-19-20-21-22-23-24-25-26-27-28-29-30-31-33-35-37-39-41-47(51)48-45(44-55-56(52,53)54-43-42-49(3,4)5)46(50)40-38-36-34-32-15-13-11-9-7-2/h7,9,15,17-18,20-21,32,38,40,45-46,50H,6,8,10-14,16,19,22-31,33-37,39,41-44H2,1-5H3,(H-,48,51,52,53)/b9-7+,18-17-,21-20-,32-15+,40-38+. The monoisotopic (exact) mass is 807 g/mol. The van der Waals surface area contributed by atoms with Gasteiger partial charge < -0.3 is 28.8 Å². The normalized spacial score (nSPS) is 14.9. The maximum atomic E-state index is 12.8. The lowest BCUT2D eigenvalue weighted by Gasteiger charge is -2.29. The molecule has 326 valence electrons. The molecule has 0 bridgehead atoms. The van der Waals surface area contributed by atoms with Crippen LogP contribution in [0.1, 0.15) is 181 Å². The summed E-state index contributed by atoms with van der Waals surface area (Å²) >= 11 is 0. The number of phosphoric acid groups is 1. The second-order valence-corrected chi connectivity index (χ2v) is 17.8. The average molecular weight is 807 g/mol. The van der Waals surface area contributed by atoms with Crippen molar-refractivity contribution in [1.29, 1.82) is 0 Å². The lowest BCUT2D eigenvalue weighted by Crippen LogP contribution is -2.45. The van der Waals surface area contributed by atoms with E-state index >= 15 is 0 Å². The predicted octanol–water partition coefficient (Wildman–Crippen LogP) is 12.0. The number of amides is 1. The summed E-state index contributed by atoms with van der Waals surface area (Å²) in [5.74, 6) is -0.218. The molecule has 0 saturated heterocycles. The van der Waals surface area contributed by atoms with E-state index in [9.17, 15) is 19.4 Å². The third-order valence-corrected chi connectivity index (χ3v) is 10.7. The van der Waals surface area contributed by atoms with Crippen molar-refractivity contribution in [1.82, 2.24) is 5.32 Å². The molecule has 1 amide bonds. The molecule has 0 aromatic carbocycles. The maximum absolute atomic E-state index is 12.8. The number of allylic oxidation sites excluding steroid dienone is 9. The first-order valence-corrected chi connectivity index (χ1v) is 24.1. The Kier molecular flexibility index (Phi) is 37.5. The van der Waals surface area contributed by atoms with E-state index in [0.717, 1.165) is 51.4 Å². The zero-order valence-corrected chi connectivity index (χ0v) is 37.7. The van der Waals surface area contributed by atoms with Gasteiger partial charge in [0.15, 0.2) is 0 Å². The Hall–Kier alpha value is -1.80. The Morgan fingerprint density at radius 2 is 1.12 bits per heavy atom. The summed E-state index contributed by atoms with van der Waals surface area (Å²) in [6, 6.07) is -0.909. The summed E-state index contributed by atoms with van der Waals surface area (Å²) in [6.07, 6.45) is 50.2. The van der Waals surface area contributed by atoms with Crippen LogP contribution in [0.4, 0.5) is 0 Å². The van der Waals surface area contributed by atoms with Gasteiger partial charge in [0.2, 0.25) is 5.91 Å². The van der Waals surface area contributed by atoms with E-state index in [1.165, 1.54) is 109 Å². The number of aliphatic hydroxyl groups excluding tert-OH is 1. The van der Waals surface area contributed by atoms with Gasteiger partial charge in [0.1, 0.15) is 13.2 Å². The van der Waals surface area contributed by atoms with Gasteiger partial charge in [-0.2, -0.15) is 0 Å². The minimum atomic E-state index is -4.59. The molecule has 8 nitrogen and oxygen atoms in total. The second-order valence-electron chi connectivity index (χ2n) is 16.4. The van der Waals surface area contributed by atoms with Gasteiger partial charge in [-0.3, -0.25) is 9.36 Å². The smallest absolute Gasteiger partial charge is 0.268 e. The lowest BCUT2D eigenvalue weighted by molar-refractivity contribution is -0.870. The van der Waals surface area contributed by atoms with Crippen molar-refractivity contribution in [2.45, 2.75) is 193 Å². The van der Waals surface area contributed by atoms with Crippen molar-refractivity contribution in [3.05, 3.63) is 60.8 Å². The number of carbonyl (C=O) groups is 1. The third-order valence-electron chi connectivity index (χ3n) is 9.77. The number of hydrogen-bond donors (Lipinski definition) is 2. The molecule has 0 aromatic rings. The predicted molar refractivity (Wildman–Crippen MR) is 237 cm³/mol. The Balaban J connectivity index is 4.18. The highest BCUT2D eigenvalue weighted by molar-refractivity contribution is 7.45. The van der Waals surface area contributed by atoms with Crippen molar-refractivity contribution in [3.63, 3.8) is 0 Å². The molecule has 0 heterocycles. The molecular formula is C47H87N2O6P. The van der Waals surface area contributed by atoms with E-state index in [1.54, 1.807) is 6.08 Å². The minimum Gasteiger partial charge on any atom is -0.756 e. The number of phosphoric ester groups is 1. The van der Waals surface area contributed by atoms with Crippen LogP contribution >= 0.6 is 7.82 Å². The molecule has 0 radical (unpaired) electrons. The van der Waals surface area contributed by atoms with Crippen LogP contribution in [0.5, 0.6) is 0 Å². The number of rotatable bonds is 40. The summed E-state index contributed by atoms with van der Waals surface area (Å²) in [5.41, 5.74) is 0. The van der Waals surface area contributed by atoms with Crippen molar-refractivity contribution < 1.29 is 32.9 Å². The summed E-state index contributed by atoms with van der Waals surface area (Å²) in [4.78, 5) is 25.2. The van der Waals surface area contributed by atoms with Gasteiger partial charge in [0, 0.05) is 6.42 Å². The Bertz CT molecular complexity index is 1100. The quantitative estimate of drug-likeness (QED) is 0.0276. The Morgan fingerprint density at radius 3 is 1.64 bits per heavy atom. The summed E-state index contributed by atoms with van der Waals surface area (Å²) in [5, 5.41) is 13.7. The molecule has 0 aliphatic rings. The fraction of sp³-hybridized carbons (Fsp3) is 0.766. The Labute approximate surface area is 345 Å². The molecule has 3 atom stereocenters. The second kappa shape index (κ2) is 38.7. The number of aliphatic hydroxyl groups is 1. The van der Waals surface area contributed by atoms with Crippen LogP contribution in [0.2, 0.25) is 0 Å². The van der Waals surface area contributed by atoms with Gasteiger partial charge in [-0.25, -0.2) is 0 Å². The third kappa shape index (κ3) is 40.4. The number of nitrogens with zero attached hydrogens (tertiary/aromatic N) is 1. The largest absolute Gasteiger partial charge is 0.756 e. The maximum Gasteiger partial charge on any atom is 0.268 e. The van der Waals surface area contributed by atoms with Gasteiger partial charge >= 0.3 is 0 Å². The summed E-state index contributed by atoms with van der Waals surface area (Å²) in [6.45, 7) is 4.36. The molecule has 0 aromatic heterocycles. The fourth-order valence-corrected chi connectivity index (χ4v) is 6.88. The van der Waals surface area contributed by atoms with Crippen molar-refractivity contribution in [2.24, 2.45) is 0 Å². The van der Waals surface area contributed by atoms with Crippen LogP contribution < -0.4 is 10.2 Å². The first kappa shape index (κ1) is 54.2. The van der Waals surface area contributed by atoms with Crippen LogP contribution in [0.3, 0.4) is 0 Å². The zero-order valence-electron chi connectivity index (χ0n) is 36.8. The van der Waals surface area contributed by atoms with E-state index in [0.29, 0.717) is 17.4 Å². The van der Waals surface area contributed by atoms with Crippen LogP contribution in [0.15, 0.2) is 60.8 Å². The van der Waals surface area contributed by atoms with Crippen LogP contribution in [0.25, 0.3) is 0 Å². The van der Waals surface area contributed by atoms with E-state index in [-0.39, 0.29) is 12.5 Å². The topological polar surface area (TPSA) is 108 Å². The van der Waals surface area contributed by atoms with Crippen LogP contribution in [0, 0.1) is 0 Å². The van der Waals surface area contributed by atoms with Gasteiger partial charge in [-0.15, -0.1) is 0 Å². The molecule has 2 N–H and O–H groups in total. The van der Waals surface area contributed by atoms with Crippen LogP contribution in [-0.4, -0.2) is 68.5 Å². The lowest BCUT2D eigenvalue weighted by atomic mass is 10.0. The number of hydrogen-bond acceptors (Lipinski definition) is 6. The van der Waals surface area contributed by atoms with Gasteiger partial charge in [0.25, 0.3) is 7.82 Å². The van der Waals surface area contributed by atoms with Crippen molar-refractivity contribution in [3.8, 4) is 0 Å². The zero-order chi connectivity index (χ0) is 41.4. The van der Waals surface area contributed by atoms with Gasteiger partial charge in [-0.05, 0) is 71.1 Å². The number of quaternary nitrogens is 1. The first-order valence-electron chi connectivity index (χ1n) is 22.6. The molecule has 0 saturated carbocycles. The number of nitrogens with one attached hydrogen (secondary N) is 1. The molecule has 0 aliphatic carbocycles. The Morgan fingerprint density at radius 1 is 0.661 bits per heavy atom. The van der Waals surface area contributed by atoms with Gasteiger partial charge in [0.05, 0.1) is 39.9 Å². The number of unbranched alkanes of at least 4 members (excludes halogenated alkanes) is 20. The van der Waals surface area contributed by atoms with Gasteiger partial charge in [-0.1, -0.05) is 164 Å². The molecular weight excluding hydrogens is 719 g/mol. The summed E-state index contributed by atoms with van der Waals surface area (Å²) < 4.78 is 23.1. The fourth-order valence-electron chi connectivity index (χ4n) is 6.16. The minimum absolute atomic E-state index is 0.0113. The van der Waals surface area contributed by atoms with Crippen LogP contribution in [-0.2, 0) is 18.4 Å². The SMILES string of the molecule is C/C=C/CC/C=C/CC/C=C/C(O)C(COP(=O)([O-])OCC[N+](C)(C)C)NC(=O)CCCCCCCCCCCCCCC/C=C\C/C=C\CCCCCCC. The average Bonchev–Trinajstić information content (AvgIpc) is 3.15. The molecule has 56 heavy (non-hydrogen) atoms.